The fourth-order valence-corrected chi connectivity index (χ4v) is 4.67. The number of carbonyl (C=O) groups is 2. The second-order valence-corrected chi connectivity index (χ2v) is 7.97. The molecule has 1 fully saturated rings. The molecule has 0 N–H and O–H groups in total. The van der Waals surface area contributed by atoms with Gasteiger partial charge in [0.05, 0.1) is 11.4 Å². The normalized spacial score (nSPS) is 16.0. The Morgan fingerprint density at radius 1 is 1.04 bits per heavy atom. The van der Waals surface area contributed by atoms with Crippen molar-refractivity contribution in [3.05, 3.63) is 76.0 Å². The third kappa shape index (κ3) is 3.16. The Bertz CT molecular complexity index is 1120. The Hall–Kier alpha value is -2.79. The number of fused-ring (bicyclic) bond motifs is 1. The molecule has 0 aliphatic carbocycles. The first-order chi connectivity index (χ1) is 13.5. The molecule has 2 heterocycles. The average Bonchev–Trinajstić information content (AvgIpc) is 3.11. The minimum absolute atomic E-state index is 0.214. The van der Waals surface area contributed by atoms with Gasteiger partial charge in [-0.15, -0.1) is 0 Å². The Labute approximate surface area is 168 Å². The van der Waals surface area contributed by atoms with Gasteiger partial charge < -0.3 is 4.57 Å². The SMILES string of the molecule is CCn1c(C)cc(/C=C2\SC(=O)N(Cc3cccc4ccccc34)C2=O)c1C. The summed E-state index contributed by atoms with van der Waals surface area (Å²) in [5.41, 5.74) is 4.24. The molecule has 4 nitrogen and oxygen atoms in total. The number of nitrogens with zero attached hydrogens (tertiary/aromatic N) is 2. The van der Waals surface area contributed by atoms with Crippen molar-refractivity contribution in [1.82, 2.24) is 9.47 Å². The number of carbonyl (C=O) groups excluding carboxylic acids is 2. The lowest BCUT2D eigenvalue weighted by Gasteiger charge is -2.14. The van der Waals surface area contributed by atoms with Crippen LogP contribution < -0.4 is 0 Å². The van der Waals surface area contributed by atoms with E-state index in [1.54, 1.807) is 0 Å². The Kier molecular flexibility index (Phi) is 4.85. The monoisotopic (exact) mass is 390 g/mol. The fourth-order valence-electron chi connectivity index (χ4n) is 3.84. The van der Waals surface area contributed by atoms with Gasteiger partial charge in [-0.25, -0.2) is 0 Å². The molecule has 5 heteroatoms. The molecule has 0 spiro atoms. The molecule has 0 bridgehead atoms. The molecule has 1 aliphatic heterocycles. The van der Waals surface area contributed by atoms with Gasteiger partial charge in [0.25, 0.3) is 11.1 Å². The Morgan fingerprint density at radius 2 is 1.79 bits per heavy atom. The number of aryl methyl sites for hydroxylation is 1. The van der Waals surface area contributed by atoms with E-state index in [-0.39, 0.29) is 17.7 Å². The summed E-state index contributed by atoms with van der Waals surface area (Å²) in [4.78, 5) is 27.3. The summed E-state index contributed by atoms with van der Waals surface area (Å²) in [6.45, 7) is 7.37. The molecule has 2 amide bonds. The van der Waals surface area contributed by atoms with Gasteiger partial charge in [0.1, 0.15) is 0 Å². The van der Waals surface area contributed by atoms with Crippen LogP contribution in [0.5, 0.6) is 0 Å². The van der Waals surface area contributed by atoms with Gasteiger partial charge in [0.2, 0.25) is 0 Å². The van der Waals surface area contributed by atoms with Crippen molar-refractivity contribution in [2.75, 3.05) is 0 Å². The molecule has 142 valence electrons. The summed E-state index contributed by atoms with van der Waals surface area (Å²) in [5, 5.41) is 1.96. The number of imide groups is 1. The molecule has 1 saturated heterocycles. The maximum atomic E-state index is 12.9. The zero-order valence-electron chi connectivity index (χ0n) is 16.2. The number of hydrogen-bond donors (Lipinski definition) is 0. The number of benzene rings is 2. The smallest absolute Gasteiger partial charge is 0.293 e. The van der Waals surface area contributed by atoms with E-state index in [2.05, 4.69) is 24.5 Å². The lowest BCUT2D eigenvalue weighted by Crippen LogP contribution is -2.27. The molecule has 0 radical (unpaired) electrons. The molecular formula is C23H22N2O2S. The standard InChI is InChI=1S/C23H22N2O2S/c1-4-24-15(2)12-19(16(24)3)13-21-22(26)25(23(27)28-21)14-18-10-7-9-17-8-5-6-11-20(17)18/h5-13H,4,14H2,1-3H3/b21-13-. The topological polar surface area (TPSA) is 42.3 Å². The van der Waals surface area contributed by atoms with E-state index >= 15 is 0 Å². The minimum atomic E-state index is -0.218. The third-order valence-corrected chi connectivity index (χ3v) is 6.20. The molecule has 0 atom stereocenters. The molecule has 28 heavy (non-hydrogen) atoms. The zero-order chi connectivity index (χ0) is 19.8. The molecular weight excluding hydrogens is 368 g/mol. The quantitative estimate of drug-likeness (QED) is 0.551. The first kappa shape index (κ1) is 18.6. The maximum absolute atomic E-state index is 12.9. The van der Waals surface area contributed by atoms with E-state index in [0.29, 0.717) is 4.91 Å². The van der Waals surface area contributed by atoms with Gasteiger partial charge in [-0.1, -0.05) is 42.5 Å². The molecule has 1 aromatic heterocycles. The van der Waals surface area contributed by atoms with Crippen LogP contribution in [0.1, 0.15) is 29.4 Å². The predicted molar refractivity (Wildman–Crippen MR) is 115 cm³/mol. The van der Waals surface area contributed by atoms with Crippen molar-refractivity contribution in [1.29, 1.82) is 0 Å². The molecule has 0 saturated carbocycles. The van der Waals surface area contributed by atoms with E-state index in [9.17, 15) is 9.59 Å². The van der Waals surface area contributed by atoms with Crippen LogP contribution in [-0.2, 0) is 17.9 Å². The Morgan fingerprint density at radius 3 is 2.54 bits per heavy atom. The first-order valence-corrected chi connectivity index (χ1v) is 10.2. The Balaban J connectivity index is 1.64. The number of rotatable bonds is 4. The molecule has 3 aromatic rings. The highest BCUT2D eigenvalue weighted by atomic mass is 32.2. The lowest BCUT2D eigenvalue weighted by atomic mass is 10.0. The molecule has 2 aromatic carbocycles. The van der Waals surface area contributed by atoms with Crippen LogP contribution in [0, 0.1) is 13.8 Å². The summed E-state index contributed by atoms with van der Waals surface area (Å²) in [6, 6.07) is 16.1. The van der Waals surface area contributed by atoms with Crippen molar-refractivity contribution in [2.45, 2.75) is 33.9 Å². The molecule has 4 rings (SSSR count). The number of hydrogen-bond acceptors (Lipinski definition) is 3. The van der Waals surface area contributed by atoms with E-state index in [0.717, 1.165) is 51.6 Å². The van der Waals surface area contributed by atoms with E-state index in [4.69, 9.17) is 0 Å². The highest BCUT2D eigenvalue weighted by molar-refractivity contribution is 8.18. The van der Waals surface area contributed by atoms with Crippen LogP contribution >= 0.6 is 11.8 Å². The summed E-state index contributed by atoms with van der Waals surface area (Å²) < 4.78 is 2.20. The summed E-state index contributed by atoms with van der Waals surface area (Å²) >= 11 is 1.02. The van der Waals surface area contributed by atoms with Gasteiger partial charge >= 0.3 is 0 Å². The second kappa shape index (κ2) is 7.32. The van der Waals surface area contributed by atoms with Gasteiger partial charge in [-0.2, -0.15) is 0 Å². The van der Waals surface area contributed by atoms with Crippen LogP contribution in [0.15, 0.2) is 53.4 Å². The van der Waals surface area contributed by atoms with Crippen molar-refractivity contribution >= 4 is 39.8 Å². The lowest BCUT2D eigenvalue weighted by molar-refractivity contribution is -0.123. The number of thioether (sulfide) groups is 1. The van der Waals surface area contributed by atoms with Crippen molar-refractivity contribution in [3.8, 4) is 0 Å². The van der Waals surface area contributed by atoms with Gasteiger partial charge in [-0.3, -0.25) is 14.5 Å². The minimum Gasteiger partial charge on any atom is -0.349 e. The van der Waals surface area contributed by atoms with Gasteiger partial charge in [0.15, 0.2) is 0 Å². The first-order valence-electron chi connectivity index (χ1n) is 9.38. The summed E-state index contributed by atoms with van der Waals surface area (Å²) in [6.07, 6.45) is 1.85. The maximum Gasteiger partial charge on any atom is 0.293 e. The van der Waals surface area contributed by atoms with Crippen molar-refractivity contribution < 1.29 is 9.59 Å². The van der Waals surface area contributed by atoms with Crippen LogP contribution in [0.4, 0.5) is 4.79 Å². The van der Waals surface area contributed by atoms with Crippen molar-refractivity contribution in [2.24, 2.45) is 0 Å². The van der Waals surface area contributed by atoms with E-state index < -0.39 is 0 Å². The van der Waals surface area contributed by atoms with Crippen LogP contribution in [0.3, 0.4) is 0 Å². The van der Waals surface area contributed by atoms with Crippen LogP contribution in [-0.4, -0.2) is 20.6 Å². The predicted octanol–water partition coefficient (Wildman–Crippen LogP) is 5.51. The number of aromatic nitrogens is 1. The van der Waals surface area contributed by atoms with E-state index in [1.807, 2.05) is 55.5 Å². The fraction of sp³-hybridized carbons (Fsp3) is 0.217. The highest BCUT2D eigenvalue weighted by Gasteiger charge is 2.35. The summed E-state index contributed by atoms with van der Waals surface area (Å²) in [5.74, 6) is -0.218. The largest absolute Gasteiger partial charge is 0.349 e. The van der Waals surface area contributed by atoms with Crippen molar-refractivity contribution in [3.63, 3.8) is 0 Å². The summed E-state index contributed by atoms with van der Waals surface area (Å²) in [7, 11) is 0. The van der Waals surface area contributed by atoms with Gasteiger partial charge in [0, 0.05) is 17.9 Å². The third-order valence-electron chi connectivity index (χ3n) is 5.30. The van der Waals surface area contributed by atoms with Crippen LogP contribution in [0.2, 0.25) is 0 Å². The highest BCUT2D eigenvalue weighted by Crippen LogP contribution is 2.35. The molecule has 1 aliphatic rings. The van der Waals surface area contributed by atoms with E-state index in [1.165, 1.54) is 4.90 Å². The van der Waals surface area contributed by atoms with Gasteiger partial charge in [-0.05, 0) is 66.6 Å². The zero-order valence-corrected chi connectivity index (χ0v) is 17.0. The average molecular weight is 391 g/mol. The van der Waals surface area contributed by atoms with Crippen LogP contribution in [0.25, 0.3) is 16.8 Å². The molecule has 0 unspecified atom stereocenters. The number of amides is 2. The second-order valence-electron chi connectivity index (χ2n) is 6.98.